The van der Waals surface area contributed by atoms with E-state index in [9.17, 15) is 4.79 Å². The number of rotatable bonds is 6. The lowest BCUT2D eigenvalue weighted by molar-refractivity contribution is 0.306. The fourth-order valence-electron chi connectivity index (χ4n) is 3.09. The Balaban J connectivity index is 1.61. The summed E-state index contributed by atoms with van der Waals surface area (Å²) in [5.74, 6) is 1.97. The number of benzene rings is 3. The van der Waals surface area contributed by atoms with Gasteiger partial charge in [0, 0.05) is 6.07 Å². The van der Waals surface area contributed by atoms with Crippen LogP contribution >= 0.6 is 23.2 Å². The van der Waals surface area contributed by atoms with E-state index in [1.54, 1.807) is 55.5 Å². The Hall–Kier alpha value is -3.15. The monoisotopic (exact) mass is 456 g/mol. The van der Waals surface area contributed by atoms with E-state index in [0.29, 0.717) is 50.6 Å². The first-order valence-electron chi connectivity index (χ1n) is 9.41. The average molecular weight is 457 g/mol. The molecule has 0 aliphatic rings. The van der Waals surface area contributed by atoms with Crippen LogP contribution in [0.15, 0.2) is 69.9 Å². The summed E-state index contributed by atoms with van der Waals surface area (Å²) in [6.45, 7) is 1.97. The molecule has 0 aliphatic heterocycles. The highest BCUT2D eigenvalue weighted by Gasteiger charge is 2.16. The number of hydrogen-bond donors (Lipinski definition) is 0. The van der Waals surface area contributed by atoms with E-state index in [1.165, 1.54) is 7.11 Å². The topological polar surface area (TPSA) is 57.9 Å². The van der Waals surface area contributed by atoms with Gasteiger partial charge in [-0.15, -0.1) is 0 Å². The van der Waals surface area contributed by atoms with Crippen LogP contribution in [0.25, 0.3) is 11.0 Å². The van der Waals surface area contributed by atoms with Crippen LogP contribution in [0.3, 0.4) is 0 Å². The van der Waals surface area contributed by atoms with Crippen LogP contribution in [0, 0.1) is 6.92 Å². The first-order chi connectivity index (χ1) is 15.0. The molecule has 5 nitrogen and oxygen atoms in total. The van der Waals surface area contributed by atoms with E-state index < -0.39 is 0 Å². The third-order valence-corrected chi connectivity index (χ3v) is 5.40. The molecule has 4 aromatic rings. The summed E-state index contributed by atoms with van der Waals surface area (Å²) in [5.41, 5.74) is 0.995. The summed E-state index contributed by atoms with van der Waals surface area (Å²) in [6, 6.07) is 17.4. The highest BCUT2D eigenvalue weighted by molar-refractivity contribution is 6.42. The standard InChI is InChI=1S/C24H18Cl2O5/c1-14-24(31-21-6-4-3-5-20(21)28-2)23(27)17-9-8-16(12-22(17)30-14)29-13-15-7-10-18(25)19(26)11-15/h3-12H,13H2,1-2H3. The Morgan fingerprint density at radius 1 is 0.935 bits per heavy atom. The van der Waals surface area contributed by atoms with Crippen LogP contribution in [0.4, 0.5) is 0 Å². The second kappa shape index (κ2) is 8.92. The Labute approximate surface area is 188 Å². The van der Waals surface area contributed by atoms with Crippen LogP contribution in [-0.2, 0) is 6.61 Å². The minimum atomic E-state index is -0.277. The third-order valence-electron chi connectivity index (χ3n) is 4.66. The minimum Gasteiger partial charge on any atom is -0.493 e. The predicted molar refractivity (Wildman–Crippen MR) is 121 cm³/mol. The molecular formula is C24H18Cl2O5. The number of ether oxygens (including phenoxy) is 3. The zero-order valence-electron chi connectivity index (χ0n) is 16.8. The molecule has 7 heteroatoms. The average Bonchev–Trinajstić information content (AvgIpc) is 2.77. The number of fused-ring (bicyclic) bond motifs is 1. The second-order valence-electron chi connectivity index (χ2n) is 6.76. The van der Waals surface area contributed by atoms with E-state index in [4.69, 9.17) is 41.8 Å². The lowest BCUT2D eigenvalue weighted by Gasteiger charge is -2.12. The molecule has 0 aliphatic carbocycles. The molecule has 0 fully saturated rings. The molecular weight excluding hydrogens is 439 g/mol. The molecule has 0 atom stereocenters. The van der Waals surface area contributed by atoms with Crippen molar-refractivity contribution in [1.29, 1.82) is 0 Å². The summed E-state index contributed by atoms with van der Waals surface area (Å²) in [4.78, 5) is 13.0. The number of para-hydroxylation sites is 2. The molecule has 0 saturated heterocycles. The molecule has 0 unspecified atom stereocenters. The maximum atomic E-state index is 13.0. The molecule has 0 amide bonds. The van der Waals surface area contributed by atoms with Gasteiger partial charge in [0.2, 0.25) is 11.2 Å². The molecule has 0 radical (unpaired) electrons. The SMILES string of the molecule is COc1ccccc1Oc1c(C)oc2cc(OCc3ccc(Cl)c(Cl)c3)ccc2c1=O. The molecule has 0 bridgehead atoms. The molecule has 0 saturated carbocycles. The zero-order valence-corrected chi connectivity index (χ0v) is 18.3. The van der Waals surface area contributed by atoms with Crippen molar-refractivity contribution in [2.45, 2.75) is 13.5 Å². The van der Waals surface area contributed by atoms with Gasteiger partial charge in [-0.05, 0) is 48.9 Å². The lowest BCUT2D eigenvalue weighted by atomic mass is 10.2. The molecule has 31 heavy (non-hydrogen) atoms. The first kappa shape index (κ1) is 21.1. The van der Waals surface area contributed by atoms with Crippen LogP contribution in [-0.4, -0.2) is 7.11 Å². The zero-order chi connectivity index (χ0) is 22.0. The van der Waals surface area contributed by atoms with Gasteiger partial charge >= 0.3 is 0 Å². The molecule has 3 aromatic carbocycles. The van der Waals surface area contributed by atoms with Crippen molar-refractivity contribution < 1.29 is 18.6 Å². The van der Waals surface area contributed by atoms with E-state index in [0.717, 1.165) is 5.56 Å². The van der Waals surface area contributed by atoms with Crippen LogP contribution in [0.2, 0.25) is 10.0 Å². The van der Waals surface area contributed by atoms with Crippen molar-refractivity contribution in [2.24, 2.45) is 0 Å². The fourth-order valence-corrected chi connectivity index (χ4v) is 3.41. The van der Waals surface area contributed by atoms with Crippen molar-refractivity contribution in [3.05, 3.63) is 92.3 Å². The molecule has 1 heterocycles. The van der Waals surface area contributed by atoms with E-state index in [-0.39, 0.29) is 11.2 Å². The Morgan fingerprint density at radius 3 is 2.45 bits per heavy atom. The minimum absolute atomic E-state index is 0.112. The first-order valence-corrected chi connectivity index (χ1v) is 10.2. The van der Waals surface area contributed by atoms with Crippen LogP contribution in [0.5, 0.6) is 23.0 Å². The van der Waals surface area contributed by atoms with Crippen molar-refractivity contribution in [3.8, 4) is 23.0 Å². The normalized spacial score (nSPS) is 10.8. The van der Waals surface area contributed by atoms with Crippen molar-refractivity contribution in [2.75, 3.05) is 7.11 Å². The van der Waals surface area contributed by atoms with Gasteiger partial charge in [-0.1, -0.05) is 41.4 Å². The quantitative estimate of drug-likeness (QED) is 0.319. The van der Waals surface area contributed by atoms with E-state index >= 15 is 0 Å². The highest BCUT2D eigenvalue weighted by atomic mass is 35.5. The molecule has 1 aromatic heterocycles. The summed E-state index contributed by atoms with van der Waals surface area (Å²) in [5, 5.41) is 1.34. The highest BCUT2D eigenvalue weighted by Crippen LogP contribution is 2.33. The van der Waals surface area contributed by atoms with Crippen molar-refractivity contribution >= 4 is 34.2 Å². The van der Waals surface area contributed by atoms with E-state index in [1.807, 2.05) is 12.1 Å². The smallest absolute Gasteiger partial charge is 0.235 e. The maximum Gasteiger partial charge on any atom is 0.235 e. The Morgan fingerprint density at radius 2 is 1.71 bits per heavy atom. The Bertz CT molecular complexity index is 1310. The third kappa shape index (κ3) is 4.48. The summed E-state index contributed by atoms with van der Waals surface area (Å²) in [6.07, 6.45) is 0. The molecule has 0 spiro atoms. The maximum absolute atomic E-state index is 13.0. The van der Waals surface area contributed by atoms with Crippen molar-refractivity contribution in [1.82, 2.24) is 0 Å². The summed E-state index contributed by atoms with van der Waals surface area (Å²) >= 11 is 12.0. The van der Waals surface area contributed by atoms with Gasteiger partial charge in [-0.3, -0.25) is 4.79 Å². The van der Waals surface area contributed by atoms with Crippen LogP contribution < -0.4 is 19.6 Å². The number of halogens is 2. The summed E-state index contributed by atoms with van der Waals surface area (Å²) in [7, 11) is 1.54. The summed E-state index contributed by atoms with van der Waals surface area (Å²) < 4.78 is 22.8. The molecule has 158 valence electrons. The van der Waals surface area contributed by atoms with Crippen LogP contribution in [0.1, 0.15) is 11.3 Å². The second-order valence-corrected chi connectivity index (χ2v) is 7.58. The van der Waals surface area contributed by atoms with Gasteiger partial charge in [0.25, 0.3) is 0 Å². The number of methoxy groups -OCH3 is 1. The largest absolute Gasteiger partial charge is 0.493 e. The molecule has 0 N–H and O–H groups in total. The van der Waals surface area contributed by atoms with Gasteiger partial charge in [0.1, 0.15) is 23.7 Å². The van der Waals surface area contributed by atoms with Gasteiger partial charge in [-0.25, -0.2) is 0 Å². The molecule has 4 rings (SSSR count). The number of aryl methyl sites for hydroxylation is 1. The number of hydrogen-bond acceptors (Lipinski definition) is 5. The van der Waals surface area contributed by atoms with E-state index in [2.05, 4.69) is 0 Å². The Kier molecular flexibility index (Phi) is 6.07. The van der Waals surface area contributed by atoms with Gasteiger partial charge in [0.05, 0.1) is 22.5 Å². The lowest BCUT2D eigenvalue weighted by Crippen LogP contribution is -2.08. The van der Waals surface area contributed by atoms with Gasteiger partial charge in [-0.2, -0.15) is 0 Å². The van der Waals surface area contributed by atoms with Crippen molar-refractivity contribution in [3.63, 3.8) is 0 Å². The van der Waals surface area contributed by atoms with Gasteiger partial charge in [0.15, 0.2) is 11.5 Å². The predicted octanol–water partition coefficient (Wildman–Crippen LogP) is 6.79. The van der Waals surface area contributed by atoms with Gasteiger partial charge < -0.3 is 18.6 Å². The fraction of sp³-hybridized carbons (Fsp3) is 0.125.